The van der Waals surface area contributed by atoms with E-state index >= 15 is 0 Å². The van der Waals surface area contributed by atoms with E-state index in [1.165, 1.54) is 4.88 Å². The lowest BCUT2D eigenvalue weighted by atomic mass is 10.2. The fourth-order valence-corrected chi connectivity index (χ4v) is 2.55. The molecule has 6 heteroatoms. The molecule has 0 aliphatic rings. The predicted molar refractivity (Wildman–Crippen MR) is 78.2 cm³/mol. The minimum Gasteiger partial charge on any atom is -0.397 e. The standard InChI is InChI=1S/C13H16N4OS/c1-2-17(8-10-4-3-5-19-10)13-11(12(15)18)6-9(14)7-16-13/h3-7H,2,8,14H2,1H3,(H2,15,18). The van der Waals surface area contributed by atoms with Gasteiger partial charge in [-0.05, 0) is 24.4 Å². The molecular weight excluding hydrogens is 260 g/mol. The number of aromatic nitrogens is 1. The topological polar surface area (TPSA) is 85.2 Å². The lowest BCUT2D eigenvalue weighted by molar-refractivity contribution is 0.100. The number of anilines is 2. The zero-order chi connectivity index (χ0) is 13.8. The van der Waals surface area contributed by atoms with Gasteiger partial charge in [0.2, 0.25) is 0 Å². The van der Waals surface area contributed by atoms with Gasteiger partial charge in [0, 0.05) is 11.4 Å². The normalized spacial score (nSPS) is 10.4. The monoisotopic (exact) mass is 276 g/mol. The molecule has 0 spiro atoms. The number of amides is 1. The number of carbonyl (C=O) groups excluding carboxylic acids is 1. The summed E-state index contributed by atoms with van der Waals surface area (Å²) in [5, 5.41) is 2.02. The maximum Gasteiger partial charge on any atom is 0.252 e. The van der Waals surface area contributed by atoms with Crippen molar-refractivity contribution < 1.29 is 4.79 Å². The Bertz CT molecular complexity index is 568. The van der Waals surface area contributed by atoms with Gasteiger partial charge in [-0.25, -0.2) is 4.98 Å². The number of carbonyl (C=O) groups is 1. The van der Waals surface area contributed by atoms with E-state index in [1.54, 1.807) is 23.6 Å². The first-order valence-corrected chi connectivity index (χ1v) is 6.82. The molecule has 0 aliphatic carbocycles. The number of nitrogens with zero attached hydrogens (tertiary/aromatic N) is 2. The Balaban J connectivity index is 2.35. The quantitative estimate of drug-likeness (QED) is 0.872. The molecule has 19 heavy (non-hydrogen) atoms. The van der Waals surface area contributed by atoms with E-state index in [1.807, 2.05) is 23.3 Å². The van der Waals surface area contributed by atoms with Gasteiger partial charge in [-0.2, -0.15) is 0 Å². The van der Waals surface area contributed by atoms with Crippen LogP contribution in [0, 0.1) is 0 Å². The first-order valence-electron chi connectivity index (χ1n) is 5.94. The number of pyridine rings is 1. The molecule has 0 fully saturated rings. The third kappa shape index (κ3) is 3.03. The van der Waals surface area contributed by atoms with Gasteiger partial charge < -0.3 is 16.4 Å². The van der Waals surface area contributed by atoms with Crippen LogP contribution in [0.3, 0.4) is 0 Å². The van der Waals surface area contributed by atoms with Crippen LogP contribution in [0.5, 0.6) is 0 Å². The van der Waals surface area contributed by atoms with Crippen molar-refractivity contribution in [3.8, 4) is 0 Å². The molecule has 0 bridgehead atoms. The average molecular weight is 276 g/mol. The van der Waals surface area contributed by atoms with E-state index in [2.05, 4.69) is 11.1 Å². The van der Waals surface area contributed by atoms with Crippen molar-refractivity contribution in [2.24, 2.45) is 5.73 Å². The Kier molecular flexibility index (Phi) is 4.01. The van der Waals surface area contributed by atoms with E-state index in [4.69, 9.17) is 11.5 Å². The summed E-state index contributed by atoms with van der Waals surface area (Å²) >= 11 is 1.67. The lowest BCUT2D eigenvalue weighted by Crippen LogP contribution is -2.26. The maximum absolute atomic E-state index is 11.5. The van der Waals surface area contributed by atoms with Gasteiger partial charge in [-0.15, -0.1) is 11.3 Å². The zero-order valence-electron chi connectivity index (χ0n) is 10.7. The van der Waals surface area contributed by atoms with Crippen molar-refractivity contribution in [2.75, 3.05) is 17.2 Å². The second kappa shape index (κ2) is 5.71. The molecule has 1 amide bonds. The summed E-state index contributed by atoms with van der Waals surface area (Å²) in [7, 11) is 0. The van der Waals surface area contributed by atoms with Crippen molar-refractivity contribution in [3.05, 3.63) is 40.2 Å². The fraction of sp³-hybridized carbons (Fsp3) is 0.231. The van der Waals surface area contributed by atoms with Gasteiger partial charge >= 0.3 is 0 Å². The highest BCUT2D eigenvalue weighted by Gasteiger charge is 2.16. The molecule has 0 radical (unpaired) electrons. The number of nitrogens with two attached hydrogens (primary N) is 2. The van der Waals surface area contributed by atoms with Gasteiger partial charge in [0.1, 0.15) is 5.82 Å². The van der Waals surface area contributed by atoms with Gasteiger partial charge in [-0.1, -0.05) is 6.07 Å². The molecule has 5 nitrogen and oxygen atoms in total. The summed E-state index contributed by atoms with van der Waals surface area (Å²) in [6.07, 6.45) is 1.54. The minimum atomic E-state index is -0.514. The van der Waals surface area contributed by atoms with E-state index < -0.39 is 5.91 Å². The summed E-state index contributed by atoms with van der Waals surface area (Å²) in [6, 6.07) is 5.62. The van der Waals surface area contributed by atoms with Crippen LogP contribution in [0.1, 0.15) is 22.2 Å². The number of nitrogen functional groups attached to an aromatic ring is 1. The van der Waals surface area contributed by atoms with E-state index in [0.29, 0.717) is 23.6 Å². The summed E-state index contributed by atoms with van der Waals surface area (Å²) in [4.78, 5) is 19.0. The minimum absolute atomic E-state index is 0.360. The molecule has 0 unspecified atom stereocenters. The zero-order valence-corrected chi connectivity index (χ0v) is 11.5. The van der Waals surface area contributed by atoms with Crippen molar-refractivity contribution >= 4 is 28.7 Å². The Morgan fingerprint density at radius 1 is 1.53 bits per heavy atom. The fourth-order valence-electron chi connectivity index (χ4n) is 1.83. The molecule has 2 aromatic heterocycles. The highest BCUT2D eigenvalue weighted by atomic mass is 32.1. The molecule has 0 aromatic carbocycles. The van der Waals surface area contributed by atoms with Gasteiger partial charge in [0.05, 0.1) is 24.0 Å². The summed E-state index contributed by atoms with van der Waals surface area (Å²) in [5.74, 6) is 0.0667. The third-order valence-corrected chi connectivity index (χ3v) is 3.62. The number of primary amides is 1. The molecule has 2 aromatic rings. The summed E-state index contributed by atoms with van der Waals surface area (Å²) < 4.78 is 0. The van der Waals surface area contributed by atoms with Crippen LogP contribution < -0.4 is 16.4 Å². The Hall–Kier alpha value is -2.08. The molecule has 0 saturated heterocycles. The maximum atomic E-state index is 11.5. The van der Waals surface area contributed by atoms with Crippen LogP contribution in [0.2, 0.25) is 0 Å². The van der Waals surface area contributed by atoms with Gasteiger partial charge in [0.15, 0.2) is 0 Å². The average Bonchev–Trinajstić information content (AvgIpc) is 2.89. The van der Waals surface area contributed by atoms with Gasteiger partial charge in [0.25, 0.3) is 5.91 Å². The molecule has 2 rings (SSSR count). The Morgan fingerprint density at radius 2 is 2.32 bits per heavy atom. The highest BCUT2D eigenvalue weighted by molar-refractivity contribution is 7.09. The molecule has 0 aliphatic heterocycles. The number of hydrogen-bond donors (Lipinski definition) is 2. The van der Waals surface area contributed by atoms with Crippen molar-refractivity contribution in [1.82, 2.24) is 4.98 Å². The highest BCUT2D eigenvalue weighted by Crippen LogP contribution is 2.22. The largest absolute Gasteiger partial charge is 0.397 e. The van der Waals surface area contributed by atoms with E-state index in [0.717, 1.165) is 6.54 Å². The molecule has 100 valence electrons. The van der Waals surface area contributed by atoms with Crippen LogP contribution >= 0.6 is 11.3 Å². The van der Waals surface area contributed by atoms with E-state index in [9.17, 15) is 4.79 Å². The second-order valence-electron chi connectivity index (χ2n) is 4.10. The molecule has 2 heterocycles. The number of hydrogen-bond acceptors (Lipinski definition) is 5. The first kappa shape index (κ1) is 13.4. The Labute approximate surface area is 115 Å². The molecular formula is C13H16N4OS. The first-order chi connectivity index (χ1) is 9.11. The number of thiophene rings is 1. The van der Waals surface area contributed by atoms with E-state index in [-0.39, 0.29) is 0 Å². The second-order valence-corrected chi connectivity index (χ2v) is 5.13. The molecule has 0 saturated carbocycles. The number of rotatable bonds is 5. The Morgan fingerprint density at radius 3 is 2.89 bits per heavy atom. The van der Waals surface area contributed by atoms with Crippen LogP contribution in [-0.4, -0.2) is 17.4 Å². The summed E-state index contributed by atoms with van der Waals surface area (Å²) in [5.41, 5.74) is 11.8. The lowest BCUT2D eigenvalue weighted by Gasteiger charge is -2.23. The van der Waals surface area contributed by atoms with Crippen molar-refractivity contribution in [3.63, 3.8) is 0 Å². The van der Waals surface area contributed by atoms with Crippen LogP contribution in [0.25, 0.3) is 0 Å². The molecule has 0 atom stereocenters. The third-order valence-electron chi connectivity index (χ3n) is 2.76. The van der Waals surface area contributed by atoms with Crippen LogP contribution in [0.15, 0.2) is 29.8 Å². The van der Waals surface area contributed by atoms with Crippen molar-refractivity contribution in [1.29, 1.82) is 0 Å². The SMILES string of the molecule is CCN(Cc1cccs1)c1ncc(N)cc1C(N)=O. The predicted octanol–water partition coefficient (Wildman–Crippen LogP) is 1.85. The smallest absolute Gasteiger partial charge is 0.252 e. The van der Waals surface area contributed by atoms with Crippen LogP contribution in [0.4, 0.5) is 11.5 Å². The van der Waals surface area contributed by atoms with Gasteiger partial charge in [-0.3, -0.25) is 4.79 Å². The summed E-state index contributed by atoms with van der Waals surface area (Å²) in [6.45, 7) is 3.44. The van der Waals surface area contributed by atoms with Crippen LogP contribution in [-0.2, 0) is 6.54 Å². The molecule has 4 N–H and O–H groups in total. The van der Waals surface area contributed by atoms with Crippen molar-refractivity contribution in [2.45, 2.75) is 13.5 Å².